The monoisotopic (exact) mass is 281 g/mol. The van der Waals surface area contributed by atoms with Crippen molar-refractivity contribution < 1.29 is 13.5 Å². The summed E-state index contributed by atoms with van der Waals surface area (Å²) in [4.78, 5) is 3.59. The number of nitrogens with zero attached hydrogens (tertiary/aromatic N) is 3. The molecule has 0 aliphatic rings. The second-order valence-corrected chi connectivity index (χ2v) is 4.59. The van der Waals surface area contributed by atoms with E-state index in [0.717, 1.165) is 12.0 Å². The largest absolute Gasteiger partial charge is 0.494 e. The van der Waals surface area contributed by atoms with Crippen molar-refractivity contribution in [1.82, 2.24) is 14.8 Å². The summed E-state index contributed by atoms with van der Waals surface area (Å²) in [6.07, 6.45) is -0.398. The topological polar surface area (TPSA) is 39.9 Å². The van der Waals surface area contributed by atoms with Gasteiger partial charge in [0.15, 0.2) is 0 Å². The van der Waals surface area contributed by atoms with E-state index in [0.29, 0.717) is 17.4 Å². The molecule has 1 unspecified atom stereocenters. The zero-order valence-corrected chi connectivity index (χ0v) is 11.7. The fraction of sp³-hybridized carbons (Fsp3) is 0.429. The maximum Gasteiger partial charge on any atom is 0.299 e. The van der Waals surface area contributed by atoms with Gasteiger partial charge in [-0.3, -0.25) is 0 Å². The van der Waals surface area contributed by atoms with Crippen LogP contribution in [0.5, 0.6) is 5.75 Å². The summed E-state index contributed by atoms with van der Waals surface area (Å²) in [5.41, 5.74) is 1.74. The summed E-state index contributed by atoms with van der Waals surface area (Å²) in [5.74, 6) is 0.511. The number of ether oxygens (including phenoxy) is 1. The van der Waals surface area contributed by atoms with Crippen LogP contribution in [0.2, 0.25) is 0 Å². The summed E-state index contributed by atoms with van der Waals surface area (Å²) in [7, 11) is 1.55. The van der Waals surface area contributed by atoms with Crippen molar-refractivity contribution in [2.24, 2.45) is 0 Å². The fourth-order valence-electron chi connectivity index (χ4n) is 1.92. The molecule has 2 aromatic rings. The minimum absolute atomic E-state index is 0.408. The number of hydrogen-bond donors (Lipinski definition) is 0. The van der Waals surface area contributed by atoms with Gasteiger partial charge >= 0.3 is 0 Å². The van der Waals surface area contributed by atoms with Crippen molar-refractivity contribution >= 4 is 0 Å². The van der Waals surface area contributed by atoms with Crippen molar-refractivity contribution in [1.29, 1.82) is 0 Å². The molecule has 0 aliphatic carbocycles. The number of alkyl halides is 2. The minimum Gasteiger partial charge on any atom is -0.494 e. The first kappa shape index (κ1) is 14.4. The molecule has 1 aromatic heterocycles. The Morgan fingerprint density at radius 2 is 2.10 bits per heavy atom. The van der Waals surface area contributed by atoms with Crippen LogP contribution in [0.4, 0.5) is 8.78 Å². The molecule has 0 aliphatic heterocycles. The van der Waals surface area contributed by atoms with E-state index < -0.39 is 12.2 Å². The van der Waals surface area contributed by atoms with E-state index in [1.807, 2.05) is 18.2 Å². The molecule has 108 valence electrons. The molecule has 2 rings (SSSR count). The quantitative estimate of drug-likeness (QED) is 0.838. The molecular formula is C14H17F2N3O. The Kier molecular flexibility index (Phi) is 4.32. The lowest BCUT2D eigenvalue weighted by molar-refractivity contribution is 0.140. The summed E-state index contributed by atoms with van der Waals surface area (Å²) < 4.78 is 31.7. The molecule has 1 heterocycles. The summed E-state index contributed by atoms with van der Waals surface area (Å²) in [6.45, 7) is 4.23. The van der Waals surface area contributed by atoms with Crippen LogP contribution in [-0.2, 0) is 0 Å². The Bertz CT molecular complexity index is 584. The first-order valence-electron chi connectivity index (χ1n) is 6.44. The third kappa shape index (κ3) is 2.79. The van der Waals surface area contributed by atoms with Crippen molar-refractivity contribution in [2.45, 2.75) is 32.6 Å². The Morgan fingerprint density at radius 1 is 1.35 bits per heavy atom. The molecule has 4 nitrogen and oxygen atoms in total. The van der Waals surface area contributed by atoms with Crippen LogP contribution < -0.4 is 4.74 Å². The van der Waals surface area contributed by atoms with Gasteiger partial charge in [0.25, 0.3) is 6.43 Å². The van der Waals surface area contributed by atoms with Crippen molar-refractivity contribution in [3.05, 3.63) is 35.9 Å². The van der Waals surface area contributed by atoms with Crippen LogP contribution in [0, 0.1) is 0 Å². The first-order valence-corrected chi connectivity index (χ1v) is 6.44. The molecule has 1 aromatic carbocycles. The molecule has 0 fully saturated rings. The average molecular weight is 281 g/mol. The number of aromatic nitrogens is 3. The number of benzene rings is 1. The molecule has 0 radical (unpaired) electrons. The highest BCUT2D eigenvalue weighted by atomic mass is 19.3. The highest BCUT2D eigenvalue weighted by molar-refractivity contribution is 5.48. The summed E-state index contributed by atoms with van der Waals surface area (Å²) >= 11 is 0. The van der Waals surface area contributed by atoms with Crippen LogP contribution in [0.1, 0.15) is 44.0 Å². The van der Waals surface area contributed by atoms with Crippen molar-refractivity contribution in [3.8, 4) is 11.4 Å². The normalized spacial score (nSPS) is 12.7. The average Bonchev–Trinajstić information content (AvgIpc) is 2.95. The highest BCUT2D eigenvalue weighted by Crippen LogP contribution is 2.29. The molecule has 0 amide bonds. The van der Waals surface area contributed by atoms with Gasteiger partial charge in [-0.2, -0.15) is 0 Å². The van der Waals surface area contributed by atoms with Gasteiger partial charge < -0.3 is 4.74 Å². The van der Waals surface area contributed by atoms with Crippen LogP contribution in [0.15, 0.2) is 24.5 Å². The third-order valence-corrected chi connectivity index (χ3v) is 3.34. The smallest absolute Gasteiger partial charge is 0.299 e. The lowest BCUT2D eigenvalue weighted by Crippen LogP contribution is -2.01. The maximum atomic E-state index is 12.5. The summed E-state index contributed by atoms with van der Waals surface area (Å²) in [6, 6.07) is 5.67. The molecule has 0 saturated carbocycles. The number of rotatable bonds is 5. The van der Waals surface area contributed by atoms with E-state index in [1.54, 1.807) is 7.11 Å². The van der Waals surface area contributed by atoms with Gasteiger partial charge in [0.05, 0.1) is 7.11 Å². The molecule has 0 bridgehead atoms. The summed E-state index contributed by atoms with van der Waals surface area (Å²) in [5, 5.41) is 3.76. The maximum absolute atomic E-state index is 12.5. The van der Waals surface area contributed by atoms with Crippen LogP contribution in [0.3, 0.4) is 0 Å². The second kappa shape index (κ2) is 5.98. The van der Waals surface area contributed by atoms with Gasteiger partial charge in [0, 0.05) is 0 Å². The fourth-order valence-corrected chi connectivity index (χ4v) is 1.92. The molecule has 1 atom stereocenters. The molecule has 20 heavy (non-hydrogen) atoms. The molecule has 0 N–H and O–H groups in total. The van der Waals surface area contributed by atoms with Gasteiger partial charge in [-0.15, -0.1) is 5.10 Å². The van der Waals surface area contributed by atoms with Gasteiger partial charge in [0.1, 0.15) is 17.8 Å². The van der Waals surface area contributed by atoms with E-state index in [1.165, 1.54) is 11.0 Å². The Morgan fingerprint density at radius 3 is 2.65 bits per heavy atom. The zero-order valence-electron chi connectivity index (χ0n) is 11.7. The lowest BCUT2D eigenvalue weighted by Gasteiger charge is -2.13. The first-order chi connectivity index (χ1) is 9.56. The standard InChI is InChI=1S/C14H17F2N3O/c1-4-9(2)10-5-6-11(12(7-10)20-3)19-8-17-14(18-19)13(15)16/h5-9,13H,4H2,1-3H3. The number of methoxy groups -OCH3 is 1. The second-order valence-electron chi connectivity index (χ2n) is 4.59. The molecule has 6 heteroatoms. The Balaban J connectivity index is 2.40. The van der Waals surface area contributed by atoms with Crippen molar-refractivity contribution in [3.63, 3.8) is 0 Å². The lowest BCUT2D eigenvalue weighted by atomic mass is 9.98. The van der Waals surface area contributed by atoms with E-state index in [4.69, 9.17) is 4.74 Å². The number of hydrogen-bond acceptors (Lipinski definition) is 3. The minimum atomic E-state index is -2.68. The molecular weight excluding hydrogens is 264 g/mol. The number of halogens is 2. The van der Waals surface area contributed by atoms with E-state index in [-0.39, 0.29) is 0 Å². The highest BCUT2D eigenvalue weighted by Gasteiger charge is 2.16. The van der Waals surface area contributed by atoms with Gasteiger partial charge in [-0.1, -0.05) is 19.9 Å². The van der Waals surface area contributed by atoms with Gasteiger partial charge in [-0.05, 0) is 30.0 Å². The molecule has 0 spiro atoms. The van der Waals surface area contributed by atoms with Crippen LogP contribution in [-0.4, -0.2) is 21.9 Å². The predicted octanol–water partition coefficient (Wildman–Crippen LogP) is 3.73. The Labute approximate surface area is 116 Å². The zero-order chi connectivity index (χ0) is 14.7. The third-order valence-electron chi connectivity index (χ3n) is 3.34. The van der Waals surface area contributed by atoms with Crippen LogP contribution in [0.25, 0.3) is 5.69 Å². The predicted molar refractivity (Wildman–Crippen MR) is 71.6 cm³/mol. The SMILES string of the molecule is CCC(C)c1ccc(-n2cnc(C(F)F)n2)c(OC)c1. The van der Waals surface area contributed by atoms with E-state index >= 15 is 0 Å². The van der Waals surface area contributed by atoms with Crippen molar-refractivity contribution in [2.75, 3.05) is 7.11 Å². The van der Waals surface area contributed by atoms with E-state index in [9.17, 15) is 8.78 Å². The van der Waals surface area contributed by atoms with Crippen LogP contribution >= 0.6 is 0 Å². The molecule has 0 saturated heterocycles. The van der Waals surface area contributed by atoms with Gasteiger partial charge in [0.2, 0.25) is 5.82 Å². The Hall–Kier alpha value is -1.98. The van der Waals surface area contributed by atoms with E-state index in [2.05, 4.69) is 23.9 Å². The van der Waals surface area contributed by atoms with Gasteiger partial charge in [-0.25, -0.2) is 18.4 Å².